The molecule has 154 valence electrons. The van der Waals surface area contributed by atoms with E-state index in [1.807, 2.05) is 32.0 Å². The van der Waals surface area contributed by atoms with Crippen molar-refractivity contribution in [3.63, 3.8) is 0 Å². The van der Waals surface area contributed by atoms with E-state index in [-0.39, 0.29) is 42.0 Å². The van der Waals surface area contributed by atoms with E-state index in [1.54, 1.807) is 23.1 Å². The van der Waals surface area contributed by atoms with E-state index in [4.69, 9.17) is 0 Å². The number of carbonyl (C=O) groups excluding carboxylic acids is 1. The van der Waals surface area contributed by atoms with Crippen LogP contribution in [0.1, 0.15) is 40.8 Å². The number of benzene rings is 2. The van der Waals surface area contributed by atoms with Crippen LogP contribution >= 0.6 is 0 Å². The third kappa shape index (κ3) is 3.35. The molecule has 2 aliphatic heterocycles. The van der Waals surface area contributed by atoms with Crippen molar-refractivity contribution in [1.29, 1.82) is 0 Å². The predicted molar refractivity (Wildman–Crippen MR) is 108 cm³/mol. The van der Waals surface area contributed by atoms with Crippen molar-refractivity contribution < 1.29 is 20.1 Å². The van der Waals surface area contributed by atoms with E-state index in [2.05, 4.69) is 10.9 Å². The summed E-state index contributed by atoms with van der Waals surface area (Å²) in [6.07, 6.45) is 0.480. The number of amides is 1. The molecule has 0 bridgehead atoms. The number of hydrogen-bond donors (Lipinski definition) is 5. The summed E-state index contributed by atoms with van der Waals surface area (Å²) in [6.45, 7) is 4.27. The Balaban J connectivity index is 1.80. The maximum Gasteiger partial charge on any atom is 0.242 e. The third-order valence-electron chi connectivity index (χ3n) is 5.99. The lowest BCUT2D eigenvalue weighted by Crippen LogP contribution is -2.41. The number of aryl methyl sites for hydroxylation is 2. The Kier molecular flexibility index (Phi) is 5.21. The number of fused-ring (bicyclic) bond motifs is 1. The molecular weight excluding hydrogens is 370 g/mol. The Morgan fingerprint density at radius 1 is 1.07 bits per heavy atom. The van der Waals surface area contributed by atoms with Gasteiger partial charge in [0.1, 0.15) is 17.5 Å². The van der Waals surface area contributed by atoms with Gasteiger partial charge < -0.3 is 20.2 Å². The molecular formula is C22H27N3O4. The summed E-state index contributed by atoms with van der Waals surface area (Å²) in [7, 11) is 0. The minimum absolute atomic E-state index is 0.00115. The monoisotopic (exact) mass is 397 g/mol. The molecule has 2 saturated heterocycles. The number of hydrogen-bond acceptors (Lipinski definition) is 6. The molecule has 0 aromatic heterocycles. The molecule has 7 nitrogen and oxygen atoms in total. The summed E-state index contributed by atoms with van der Waals surface area (Å²) < 4.78 is 0. The van der Waals surface area contributed by atoms with E-state index in [0.717, 1.165) is 22.3 Å². The van der Waals surface area contributed by atoms with Gasteiger partial charge in [0.05, 0.1) is 12.1 Å². The van der Waals surface area contributed by atoms with Crippen molar-refractivity contribution in [1.82, 2.24) is 15.8 Å². The van der Waals surface area contributed by atoms with Crippen LogP contribution < -0.4 is 10.9 Å². The molecule has 2 heterocycles. The van der Waals surface area contributed by atoms with Gasteiger partial charge in [-0.3, -0.25) is 4.79 Å². The largest absolute Gasteiger partial charge is 0.508 e. The van der Waals surface area contributed by atoms with E-state index in [0.29, 0.717) is 13.0 Å². The zero-order chi connectivity index (χ0) is 20.7. The molecule has 4 unspecified atom stereocenters. The van der Waals surface area contributed by atoms with Crippen LogP contribution in [-0.2, 0) is 4.79 Å². The highest BCUT2D eigenvalue weighted by atomic mass is 16.3. The summed E-state index contributed by atoms with van der Waals surface area (Å²) in [5.74, 6) is 0.141. The first-order valence-electron chi connectivity index (χ1n) is 9.94. The van der Waals surface area contributed by atoms with Gasteiger partial charge in [-0.05, 0) is 43.5 Å². The number of aliphatic hydroxyl groups excluding tert-OH is 1. The zero-order valence-corrected chi connectivity index (χ0v) is 16.6. The third-order valence-corrected chi connectivity index (χ3v) is 5.99. The van der Waals surface area contributed by atoms with Crippen LogP contribution in [-0.4, -0.2) is 45.3 Å². The summed E-state index contributed by atoms with van der Waals surface area (Å²) in [5.41, 5.74) is 9.77. The summed E-state index contributed by atoms with van der Waals surface area (Å²) in [4.78, 5) is 15.0. The Morgan fingerprint density at radius 2 is 1.83 bits per heavy atom. The van der Waals surface area contributed by atoms with Crippen molar-refractivity contribution in [2.24, 2.45) is 5.92 Å². The highest BCUT2D eigenvalue weighted by Crippen LogP contribution is 2.49. The van der Waals surface area contributed by atoms with Crippen molar-refractivity contribution in [2.45, 2.75) is 38.4 Å². The fourth-order valence-electron chi connectivity index (χ4n) is 4.80. The fourth-order valence-corrected chi connectivity index (χ4v) is 4.80. The SMILES string of the molecule is Cc1cc(C)c(O)c(C2NNC3C(=O)N(CCCO)C(c4cccc(O)c4)C32)c1. The second kappa shape index (κ2) is 7.67. The molecule has 5 N–H and O–H groups in total. The average Bonchev–Trinajstić information content (AvgIpc) is 3.22. The first-order valence-corrected chi connectivity index (χ1v) is 9.94. The standard InChI is InChI=1S/C22H27N3O4/c1-12-9-13(2)21(28)16(10-12)18-17-19(24-23-18)22(29)25(7-4-8-26)20(17)14-5-3-6-15(27)11-14/h3,5-6,9-11,17-20,23-24,26-28H,4,7-8H2,1-2H3. The van der Waals surface area contributed by atoms with Crippen molar-refractivity contribution in [3.8, 4) is 11.5 Å². The van der Waals surface area contributed by atoms with Gasteiger partial charge in [0.2, 0.25) is 5.91 Å². The first-order chi connectivity index (χ1) is 13.9. The van der Waals surface area contributed by atoms with Gasteiger partial charge in [-0.2, -0.15) is 0 Å². The van der Waals surface area contributed by atoms with Crippen LogP contribution in [0, 0.1) is 19.8 Å². The van der Waals surface area contributed by atoms with Crippen LogP contribution in [0.4, 0.5) is 0 Å². The van der Waals surface area contributed by atoms with Crippen molar-refractivity contribution in [3.05, 3.63) is 58.7 Å². The van der Waals surface area contributed by atoms with E-state index < -0.39 is 6.04 Å². The van der Waals surface area contributed by atoms with Gasteiger partial charge in [0, 0.05) is 24.6 Å². The van der Waals surface area contributed by atoms with Crippen molar-refractivity contribution in [2.75, 3.05) is 13.2 Å². The molecule has 0 radical (unpaired) electrons. The summed E-state index contributed by atoms with van der Waals surface area (Å²) in [5, 5.41) is 30.1. The van der Waals surface area contributed by atoms with Crippen LogP contribution in [0.2, 0.25) is 0 Å². The average molecular weight is 397 g/mol. The van der Waals surface area contributed by atoms with Gasteiger partial charge in [-0.15, -0.1) is 0 Å². The molecule has 1 amide bonds. The van der Waals surface area contributed by atoms with E-state index in [1.165, 1.54) is 0 Å². The molecule has 2 aromatic carbocycles. The van der Waals surface area contributed by atoms with Gasteiger partial charge in [0.15, 0.2) is 0 Å². The highest BCUT2D eigenvalue weighted by molar-refractivity contribution is 5.86. The lowest BCUT2D eigenvalue weighted by Gasteiger charge is -2.31. The molecule has 4 rings (SSSR count). The number of carbonyl (C=O) groups is 1. The lowest BCUT2D eigenvalue weighted by molar-refractivity contribution is -0.130. The number of nitrogens with one attached hydrogen (secondary N) is 2. The normalized spacial score (nSPS) is 26.2. The molecule has 2 aromatic rings. The van der Waals surface area contributed by atoms with Gasteiger partial charge >= 0.3 is 0 Å². The second-order valence-electron chi connectivity index (χ2n) is 7.99. The minimum Gasteiger partial charge on any atom is -0.508 e. The van der Waals surface area contributed by atoms with Gasteiger partial charge in [-0.1, -0.05) is 29.8 Å². The Bertz CT molecular complexity index is 932. The minimum atomic E-state index is -0.453. The molecule has 7 heteroatoms. The smallest absolute Gasteiger partial charge is 0.242 e. The molecule has 0 aliphatic carbocycles. The fraction of sp³-hybridized carbons (Fsp3) is 0.409. The molecule has 0 spiro atoms. The summed E-state index contributed by atoms with van der Waals surface area (Å²) >= 11 is 0. The number of aliphatic hydroxyl groups is 1. The molecule has 2 fully saturated rings. The number of nitrogens with zero attached hydrogens (tertiary/aromatic N) is 1. The molecule has 4 atom stereocenters. The van der Waals surface area contributed by atoms with Crippen LogP contribution in [0.5, 0.6) is 11.5 Å². The lowest BCUT2D eigenvalue weighted by atomic mass is 9.82. The number of aromatic hydroxyl groups is 2. The number of hydrazine groups is 1. The van der Waals surface area contributed by atoms with E-state index >= 15 is 0 Å². The zero-order valence-electron chi connectivity index (χ0n) is 16.6. The van der Waals surface area contributed by atoms with Crippen LogP contribution in [0.3, 0.4) is 0 Å². The quantitative estimate of drug-likeness (QED) is 0.527. The number of phenols is 2. The maximum atomic E-state index is 13.2. The van der Waals surface area contributed by atoms with Gasteiger partial charge in [-0.25, -0.2) is 10.9 Å². The Morgan fingerprint density at radius 3 is 2.55 bits per heavy atom. The Hall–Kier alpha value is -2.61. The molecule has 29 heavy (non-hydrogen) atoms. The van der Waals surface area contributed by atoms with Gasteiger partial charge in [0.25, 0.3) is 0 Å². The molecule has 2 aliphatic rings. The predicted octanol–water partition coefficient (Wildman–Crippen LogP) is 1.81. The summed E-state index contributed by atoms with van der Waals surface area (Å²) in [6, 6.07) is 9.81. The Labute approximate surface area is 170 Å². The van der Waals surface area contributed by atoms with Crippen molar-refractivity contribution >= 4 is 5.91 Å². The number of phenolic OH excluding ortho intramolecular Hbond substituents is 2. The van der Waals surface area contributed by atoms with E-state index in [9.17, 15) is 20.1 Å². The van der Waals surface area contributed by atoms with Crippen LogP contribution in [0.15, 0.2) is 36.4 Å². The number of rotatable bonds is 5. The second-order valence-corrected chi connectivity index (χ2v) is 7.99. The highest BCUT2D eigenvalue weighted by Gasteiger charge is 2.55. The first kappa shape index (κ1) is 19.7. The van der Waals surface area contributed by atoms with Crippen LogP contribution in [0.25, 0.3) is 0 Å². The number of likely N-dealkylation sites (tertiary alicyclic amines) is 1. The maximum absolute atomic E-state index is 13.2. The molecule has 0 saturated carbocycles. The topological polar surface area (TPSA) is 105 Å².